The number of aromatic nitrogens is 2. The van der Waals surface area contributed by atoms with Crippen molar-refractivity contribution >= 4 is 17.5 Å². The van der Waals surface area contributed by atoms with Gasteiger partial charge in [-0.15, -0.1) is 0 Å². The third-order valence-electron chi connectivity index (χ3n) is 4.10. The predicted molar refractivity (Wildman–Crippen MR) is 108 cm³/mol. The second kappa shape index (κ2) is 8.85. The monoisotopic (exact) mass is 378 g/mol. The SMILES string of the molecule is COc1ccc(OC)c(NC(=O)c2cnc(NCc3cccc(C)c3)nc2)c1. The molecular weight excluding hydrogens is 356 g/mol. The molecule has 0 spiro atoms. The third kappa shape index (κ3) is 4.76. The number of amides is 1. The lowest BCUT2D eigenvalue weighted by molar-refractivity contribution is 0.102. The van der Waals surface area contributed by atoms with Crippen LogP contribution in [-0.4, -0.2) is 30.1 Å². The molecule has 0 aliphatic carbocycles. The van der Waals surface area contributed by atoms with E-state index in [4.69, 9.17) is 9.47 Å². The Morgan fingerprint density at radius 1 is 1.04 bits per heavy atom. The molecule has 2 N–H and O–H groups in total. The van der Waals surface area contributed by atoms with E-state index in [0.29, 0.717) is 35.2 Å². The molecule has 0 atom stereocenters. The average molecular weight is 378 g/mol. The number of hydrogen-bond donors (Lipinski definition) is 2. The molecule has 0 bridgehead atoms. The molecule has 2 aromatic carbocycles. The minimum atomic E-state index is -0.336. The highest BCUT2D eigenvalue weighted by Crippen LogP contribution is 2.29. The van der Waals surface area contributed by atoms with Gasteiger partial charge in [0.25, 0.3) is 5.91 Å². The Hall–Kier alpha value is -3.61. The minimum absolute atomic E-state index is 0.336. The molecule has 28 heavy (non-hydrogen) atoms. The number of ether oxygens (including phenoxy) is 2. The molecule has 1 heterocycles. The Kier molecular flexibility index (Phi) is 6.06. The Bertz CT molecular complexity index is 958. The molecule has 0 aliphatic rings. The van der Waals surface area contributed by atoms with E-state index in [2.05, 4.69) is 26.7 Å². The number of anilines is 2. The molecule has 0 saturated heterocycles. The number of rotatable bonds is 7. The number of nitrogens with one attached hydrogen (secondary N) is 2. The zero-order chi connectivity index (χ0) is 19.9. The maximum atomic E-state index is 12.5. The summed E-state index contributed by atoms with van der Waals surface area (Å²) in [7, 11) is 3.10. The predicted octanol–water partition coefficient (Wildman–Crippen LogP) is 3.67. The Labute approximate surface area is 163 Å². The van der Waals surface area contributed by atoms with Crippen LogP contribution in [-0.2, 0) is 6.54 Å². The molecule has 144 valence electrons. The molecule has 0 fully saturated rings. The second-order valence-electron chi connectivity index (χ2n) is 6.16. The number of hydrogen-bond acceptors (Lipinski definition) is 6. The molecule has 0 aliphatic heterocycles. The first-order valence-corrected chi connectivity index (χ1v) is 8.74. The van der Waals surface area contributed by atoms with Crippen LogP contribution in [0.2, 0.25) is 0 Å². The summed E-state index contributed by atoms with van der Waals surface area (Å²) < 4.78 is 10.5. The summed E-state index contributed by atoms with van der Waals surface area (Å²) in [6.07, 6.45) is 2.96. The van der Waals surface area contributed by atoms with Gasteiger partial charge >= 0.3 is 0 Å². The molecule has 7 nitrogen and oxygen atoms in total. The molecule has 0 radical (unpaired) electrons. The molecule has 0 unspecified atom stereocenters. The van der Waals surface area contributed by atoms with Crippen molar-refractivity contribution in [1.29, 1.82) is 0 Å². The molecular formula is C21H22N4O3. The van der Waals surface area contributed by atoms with Crippen LogP contribution in [0.15, 0.2) is 54.9 Å². The zero-order valence-corrected chi connectivity index (χ0v) is 16.0. The van der Waals surface area contributed by atoms with Gasteiger partial charge in [-0.1, -0.05) is 29.8 Å². The topological polar surface area (TPSA) is 85.4 Å². The van der Waals surface area contributed by atoms with E-state index in [9.17, 15) is 4.79 Å². The van der Waals surface area contributed by atoms with E-state index in [1.807, 2.05) is 25.1 Å². The van der Waals surface area contributed by atoms with Gasteiger partial charge in [0, 0.05) is 25.0 Å². The van der Waals surface area contributed by atoms with E-state index < -0.39 is 0 Å². The lowest BCUT2D eigenvalue weighted by Gasteiger charge is -2.12. The highest BCUT2D eigenvalue weighted by atomic mass is 16.5. The van der Waals surface area contributed by atoms with Crippen molar-refractivity contribution in [2.75, 3.05) is 24.9 Å². The summed E-state index contributed by atoms with van der Waals surface area (Å²) >= 11 is 0. The van der Waals surface area contributed by atoms with Crippen LogP contribution < -0.4 is 20.1 Å². The molecule has 0 saturated carbocycles. The first-order chi connectivity index (χ1) is 13.6. The van der Waals surface area contributed by atoms with Crippen LogP contribution in [0.3, 0.4) is 0 Å². The van der Waals surface area contributed by atoms with Crippen LogP contribution in [0, 0.1) is 6.92 Å². The van der Waals surface area contributed by atoms with Gasteiger partial charge < -0.3 is 20.1 Å². The van der Waals surface area contributed by atoms with Crippen molar-refractivity contribution in [2.45, 2.75) is 13.5 Å². The van der Waals surface area contributed by atoms with Crippen molar-refractivity contribution < 1.29 is 14.3 Å². The van der Waals surface area contributed by atoms with Crippen molar-refractivity contribution in [2.24, 2.45) is 0 Å². The number of benzene rings is 2. The Morgan fingerprint density at radius 3 is 2.50 bits per heavy atom. The summed E-state index contributed by atoms with van der Waals surface area (Å²) in [4.78, 5) is 20.9. The normalized spacial score (nSPS) is 10.2. The molecule has 1 amide bonds. The smallest absolute Gasteiger partial charge is 0.258 e. The maximum absolute atomic E-state index is 12.5. The number of carbonyl (C=O) groups is 1. The van der Waals surface area contributed by atoms with Crippen LogP contribution in [0.25, 0.3) is 0 Å². The van der Waals surface area contributed by atoms with Gasteiger partial charge in [-0.05, 0) is 24.6 Å². The van der Waals surface area contributed by atoms with Crippen LogP contribution >= 0.6 is 0 Å². The lowest BCUT2D eigenvalue weighted by atomic mass is 10.1. The third-order valence-corrected chi connectivity index (χ3v) is 4.10. The fraction of sp³-hybridized carbons (Fsp3) is 0.190. The van der Waals surface area contributed by atoms with Crippen molar-refractivity contribution in [3.63, 3.8) is 0 Å². The van der Waals surface area contributed by atoms with Crippen LogP contribution in [0.1, 0.15) is 21.5 Å². The zero-order valence-electron chi connectivity index (χ0n) is 16.0. The number of aryl methyl sites for hydroxylation is 1. The largest absolute Gasteiger partial charge is 0.497 e. The average Bonchev–Trinajstić information content (AvgIpc) is 2.72. The maximum Gasteiger partial charge on any atom is 0.258 e. The summed E-state index contributed by atoms with van der Waals surface area (Å²) in [5.74, 6) is 1.27. The van der Waals surface area contributed by atoms with Gasteiger partial charge in [0.2, 0.25) is 5.95 Å². The van der Waals surface area contributed by atoms with Gasteiger partial charge in [0.05, 0.1) is 25.5 Å². The van der Waals surface area contributed by atoms with E-state index in [1.54, 1.807) is 25.3 Å². The number of nitrogens with zero attached hydrogens (tertiary/aromatic N) is 2. The first-order valence-electron chi connectivity index (χ1n) is 8.74. The standard InChI is InChI=1S/C21H22N4O3/c1-14-5-4-6-15(9-14)11-22-21-23-12-16(13-24-21)20(26)25-18-10-17(27-2)7-8-19(18)28-3/h4-10,12-13H,11H2,1-3H3,(H,25,26)(H,22,23,24). The number of methoxy groups -OCH3 is 2. The van der Waals surface area contributed by atoms with Crippen molar-refractivity contribution in [3.8, 4) is 11.5 Å². The van der Waals surface area contributed by atoms with Gasteiger partial charge in [-0.25, -0.2) is 9.97 Å². The molecule has 1 aromatic heterocycles. The van der Waals surface area contributed by atoms with Gasteiger partial charge in [-0.3, -0.25) is 4.79 Å². The van der Waals surface area contributed by atoms with Gasteiger partial charge in [0.1, 0.15) is 11.5 Å². The second-order valence-corrected chi connectivity index (χ2v) is 6.16. The Balaban J connectivity index is 1.65. The summed E-state index contributed by atoms with van der Waals surface area (Å²) in [6.45, 7) is 2.65. The fourth-order valence-corrected chi connectivity index (χ4v) is 2.65. The molecule has 3 aromatic rings. The van der Waals surface area contributed by atoms with E-state index in [0.717, 1.165) is 5.56 Å². The highest BCUT2D eigenvalue weighted by molar-refractivity contribution is 6.04. The van der Waals surface area contributed by atoms with Crippen LogP contribution in [0.4, 0.5) is 11.6 Å². The summed E-state index contributed by atoms with van der Waals surface area (Å²) in [5, 5.41) is 5.94. The lowest BCUT2D eigenvalue weighted by Crippen LogP contribution is -2.14. The van der Waals surface area contributed by atoms with E-state index in [1.165, 1.54) is 25.1 Å². The van der Waals surface area contributed by atoms with Crippen molar-refractivity contribution in [3.05, 3.63) is 71.5 Å². The number of carbonyl (C=O) groups excluding carboxylic acids is 1. The highest BCUT2D eigenvalue weighted by Gasteiger charge is 2.12. The summed E-state index contributed by atoms with van der Waals surface area (Å²) in [6, 6.07) is 13.4. The molecule has 7 heteroatoms. The fourth-order valence-electron chi connectivity index (χ4n) is 2.65. The van der Waals surface area contributed by atoms with Crippen LogP contribution in [0.5, 0.6) is 11.5 Å². The minimum Gasteiger partial charge on any atom is -0.497 e. The summed E-state index contributed by atoms with van der Waals surface area (Å²) in [5.41, 5.74) is 3.18. The van der Waals surface area contributed by atoms with E-state index in [-0.39, 0.29) is 5.91 Å². The van der Waals surface area contributed by atoms with Gasteiger partial charge in [-0.2, -0.15) is 0 Å². The van der Waals surface area contributed by atoms with Crippen molar-refractivity contribution in [1.82, 2.24) is 9.97 Å². The quantitative estimate of drug-likeness (QED) is 0.653. The Morgan fingerprint density at radius 2 is 1.82 bits per heavy atom. The van der Waals surface area contributed by atoms with E-state index >= 15 is 0 Å². The van der Waals surface area contributed by atoms with Gasteiger partial charge in [0.15, 0.2) is 0 Å². The molecule has 3 rings (SSSR count). The first kappa shape index (κ1) is 19.2.